The number of ether oxygens (including phenoxy) is 1. The Labute approximate surface area is 85.5 Å². The van der Waals surface area contributed by atoms with Crippen molar-refractivity contribution in [3.05, 3.63) is 34.9 Å². The van der Waals surface area contributed by atoms with Gasteiger partial charge in [0, 0.05) is 0 Å². The lowest BCUT2D eigenvalue weighted by molar-refractivity contribution is 0.0600. The van der Waals surface area contributed by atoms with Crippen LogP contribution in [0, 0.1) is 11.3 Å². The van der Waals surface area contributed by atoms with Crippen LogP contribution in [0.25, 0.3) is 0 Å². The van der Waals surface area contributed by atoms with Crippen LogP contribution in [-0.2, 0) is 4.74 Å². The van der Waals surface area contributed by atoms with Gasteiger partial charge in [-0.1, -0.05) is 0 Å². The quantitative estimate of drug-likeness (QED) is 0.729. The minimum atomic E-state index is -1.20. The van der Waals surface area contributed by atoms with Gasteiger partial charge in [0.2, 0.25) is 0 Å². The van der Waals surface area contributed by atoms with Crippen LogP contribution in [0.2, 0.25) is 0 Å². The maximum Gasteiger partial charge on any atom is 0.337 e. The maximum atomic E-state index is 11.1. The van der Waals surface area contributed by atoms with E-state index in [2.05, 4.69) is 4.74 Å². The van der Waals surface area contributed by atoms with Crippen LogP contribution in [0.5, 0.6) is 0 Å². The highest BCUT2D eigenvalue weighted by Crippen LogP contribution is 2.11. The fourth-order valence-corrected chi connectivity index (χ4v) is 1.05. The molecule has 0 aromatic heterocycles. The second kappa shape index (κ2) is 4.24. The molecule has 5 nitrogen and oxygen atoms in total. The van der Waals surface area contributed by atoms with Crippen LogP contribution in [-0.4, -0.2) is 24.2 Å². The smallest absolute Gasteiger partial charge is 0.337 e. The van der Waals surface area contributed by atoms with Crippen LogP contribution in [0.3, 0.4) is 0 Å². The van der Waals surface area contributed by atoms with Crippen LogP contribution in [0.1, 0.15) is 26.3 Å². The van der Waals surface area contributed by atoms with Crippen molar-refractivity contribution in [2.75, 3.05) is 7.11 Å². The lowest BCUT2D eigenvalue weighted by Crippen LogP contribution is -2.05. The molecule has 0 spiro atoms. The normalized spacial score (nSPS) is 9.07. The third kappa shape index (κ3) is 2.31. The molecule has 0 atom stereocenters. The van der Waals surface area contributed by atoms with Crippen LogP contribution in [0.15, 0.2) is 18.2 Å². The number of hydrogen-bond acceptors (Lipinski definition) is 4. The highest BCUT2D eigenvalue weighted by Gasteiger charge is 2.12. The number of nitriles is 1. The number of methoxy groups -OCH3 is 1. The standard InChI is InChI=1S/C10H7NO4/c1-15-10(14)8-3-6(5-11)2-7(4-8)9(12)13/h2-4H,1H3,(H,12,13). The van der Waals surface area contributed by atoms with Gasteiger partial charge < -0.3 is 9.84 Å². The van der Waals surface area contributed by atoms with Crippen LogP contribution >= 0.6 is 0 Å². The molecule has 0 amide bonds. The molecule has 0 saturated heterocycles. The van der Waals surface area contributed by atoms with Gasteiger partial charge in [-0.25, -0.2) is 9.59 Å². The van der Waals surface area contributed by atoms with Crippen molar-refractivity contribution < 1.29 is 19.4 Å². The van der Waals surface area contributed by atoms with Crippen LogP contribution in [0.4, 0.5) is 0 Å². The Hall–Kier alpha value is -2.35. The molecule has 0 aliphatic heterocycles. The molecule has 0 unspecified atom stereocenters. The molecular weight excluding hydrogens is 198 g/mol. The first-order valence-electron chi connectivity index (χ1n) is 3.95. The Morgan fingerprint density at radius 1 is 1.33 bits per heavy atom. The molecule has 0 heterocycles. The summed E-state index contributed by atoms with van der Waals surface area (Å²) in [4.78, 5) is 21.8. The summed E-state index contributed by atoms with van der Waals surface area (Å²) < 4.78 is 4.43. The average molecular weight is 205 g/mol. The zero-order chi connectivity index (χ0) is 11.4. The summed E-state index contributed by atoms with van der Waals surface area (Å²) in [5.41, 5.74) is 0.0405. The molecule has 0 fully saturated rings. The van der Waals surface area contributed by atoms with E-state index in [0.717, 1.165) is 6.07 Å². The van der Waals surface area contributed by atoms with Crippen molar-refractivity contribution in [1.29, 1.82) is 5.26 Å². The number of carbonyl (C=O) groups excluding carboxylic acids is 1. The van der Waals surface area contributed by atoms with E-state index in [1.807, 2.05) is 0 Å². The van der Waals surface area contributed by atoms with Crippen molar-refractivity contribution >= 4 is 11.9 Å². The fraction of sp³-hybridized carbons (Fsp3) is 0.100. The minimum Gasteiger partial charge on any atom is -0.478 e. The zero-order valence-corrected chi connectivity index (χ0v) is 7.85. The van der Waals surface area contributed by atoms with Gasteiger partial charge in [-0.2, -0.15) is 5.26 Å². The first-order chi connectivity index (χ1) is 7.08. The minimum absolute atomic E-state index is 0.0500. The van der Waals surface area contributed by atoms with Crippen molar-refractivity contribution in [2.45, 2.75) is 0 Å². The molecule has 1 aromatic carbocycles. The Morgan fingerprint density at radius 3 is 2.40 bits per heavy atom. The molecule has 1 aromatic rings. The zero-order valence-electron chi connectivity index (χ0n) is 7.85. The molecular formula is C10H7NO4. The van der Waals surface area contributed by atoms with Gasteiger partial charge in [0.1, 0.15) is 0 Å². The number of carboxylic acid groups (broad SMARTS) is 1. The number of hydrogen-bond donors (Lipinski definition) is 1. The number of carbonyl (C=O) groups is 2. The Morgan fingerprint density at radius 2 is 1.93 bits per heavy atom. The van der Waals surface area contributed by atoms with Crippen molar-refractivity contribution in [2.24, 2.45) is 0 Å². The van der Waals surface area contributed by atoms with E-state index in [0.29, 0.717) is 0 Å². The highest BCUT2D eigenvalue weighted by atomic mass is 16.5. The molecule has 76 valence electrons. The lowest BCUT2D eigenvalue weighted by Gasteiger charge is -2.01. The van der Waals surface area contributed by atoms with Gasteiger partial charge in [-0.05, 0) is 18.2 Å². The number of carboxylic acids is 1. The summed E-state index contributed by atoms with van der Waals surface area (Å²) in [5.74, 6) is -1.87. The van der Waals surface area contributed by atoms with E-state index in [1.165, 1.54) is 19.2 Å². The summed E-state index contributed by atoms with van der Waals surface area (Å²) >= 11 is 0. The first kappa shape index (κ1) is 10.7. The predicted molar refractivity (Wildman–Crippen MR) is 49.5 cm³/mol. The first-order valence-corrected chi connectivity index (χ1v) is 3.95. The number of nitrogens with zero attached hydrogens (tertiary/aromatic N) is 1. The van der Waals surface area contributed by atoms with Crippen molar-refractivity contribution in [1.82, 2.24) is 0 Å². The van der Waals surface area contributed by atoms with E-state index in [1.54, 1.807) is 6.07 Å². The van der Waals surface area contributed by atoms with Gasteiger partial charge in [0.05, 0.1) is 29.9 Å². The average Bonchev–Trinajstić information content (AvgIpc) is 2.27. The topological polar surface area (TPSA) is 87.4 Å². The van der Waals surface area contributed by atoms with Gasteiger partial charge in [0.25, 0.3) is 0 Å². The predicted octanol–water partition coefficient (Wildman–Crippen LogP) is 1.04. The molecule has 0 aliphatic rings. The Kier molecular flexibility index (Phi) is 3.03. The maximum absolute atomic E-state index is 11.1. The molecule has 0 bridgehead atoms. The summed E-state index contributed by atoms with van der Waals surface area (Å²) in [6.07, 6.45) is 0. The summed E-state index contributed by atoms with van der Waals surface area (Å²) in [6, 6.07) is 5.40. The SMILES string of the molecule is COC(=O)c1cc(C#N)cc(C(=O)O)c1. The van der Waals surface area contributed by atoms with E-state index < -0.39 is 11.9 Å². The summed E-state index contributed by atoms with van der Waals surface area (Å²) in [5, 5.41) is 17.3. The number of esters is 1. The van der Waals surface area contributed by atoms with Gasteiger partial charge >= 0.3 is 11.9 Å². The summed E-state index contributed by atoms with van der Waals surface area (Å²) in [6.45, 7) is 0. The molecule has 0 saturated carbocycles. The summed E-state index contributed by atoms with van der Waals surface area (Å²) in [7, 11) is 1.18. The van der Waals surface area contributed by atoms with E-state index in [9.17, 15) is 9.59 Å². The monoisotopic (exact) mass is 205 g/mol. The molecule has 0 aliphatic carbocycles. The lowest BCUT2D eigenvalue weighted by atomic mass is 10.1. The van der Waals surface area contributed by atoms with Gasteiger partial charge in [-0.3, -0.25) is 0 Å². The molecule has 15 heavy (non-hydrogen) atoms. The van der Waals surface area contributed by atoms with E-state index in [4.69, 9.17) is 10.4 Å². The van der Waals surface area contributed by atoms with Crippen molar-refractivity contribution in [3.8, 4) is 6.07 Å². The number of rotatable bonds is 2. The van der Waals surface area contributed by atoms with E-state index >= 15 is 0 Å². The molecule has 5 heteroatoms. The number of aromatic carboxylic acids is 1. The molecule has 0 radical (unpaired) electrons. The van der Waals surface area contributed by atoms with Gasteiger partial charge in [-0.15, -0.1) is 0 Å². The second-order valence-corrected chi connectivity index (χ2v) is 2.71. The van der Waals surface area contributed by atoms with Crippen LogP contribution < -0.4 is 0 Å². The Balaban J connectivity index is 3.31. The highest BCUT2D eigenvalue weighted by molar-refractivity contribution is 5.95. The number of benzene rings is 1. The van der Waals surface area contributed by atoms with Gasteiger partial charge in [0.15, 0.2) is 0 Å². The molecule has 1 N–H and O–H groups in total. The third-order valence-corrected chi connectivity index (χ3v) is 1.73. The fourth-order valence-electron chi connectivity index (χ4n) is 1.05. The largest absolute Gasteiger partial charge is 0.478 e. The third-order valence-electron chi connectivity index (χ3n) is 1.73. The van der Waals surface area contributed by atoms with E-state index in [-0.39, 0.29) is 16.7 Å². The second-order valence-electron chi connectivity index (χ2n) is 2.71. The van der Waals surface area contributed by atoms with Crippen molar-refractivity contribution in [3.63, 3.8) is 0 Å². The molecule has 1 rings (SSSR count). The Bertz CT molecular complexity index is 459.